The van der Waals surface area contributed by atoms with E-state index >= 15 is 0 Å². The maximum Gasteiger partial charge on any atom is 0.251 e. The van der Waals surface area contributed by atoms with Gasteiger partial charge in [0.15, 0.2) is 0 Å². The van der Waals surface area contributed by atoms with E-state index in [0.717, 1.165) is 36.1 Å². The summed E-state index contributed by atoms with van der Waals surface area (Å²) in [5.74, 6) is -0.767. The van der Waals surface area contributed by atoms with Crippen molar-refractivity contribution < 1.29 is 18.7 Å². The van der Waals surface area contributed by atoms with E-state index in [-0.39, 0.29) is 18.9 Å². The predicted molar refractivity (Wildman–Crippen MR) is 118 cm³/mol. The van der Waals surface area contributed by atoms with Crippen LogP contribution in [0.15, 0.2) is 47.4 Å². The number of nitrogens with one attached hydrogen (secondary N) is 2. The zero-order valence-corrected chi connectivity index (χ0v) is 18.3. The molecule has 0 aromatic heterocycles. The molecule has 0 aliphatic rings. The minimum atomic E-state index is -0.910. The normalized spacial score (nSPS) is 13.1. The van der Waals surface area contributed by atoms with Gasteiger partial charge in [0.2, 0.25) is 0 Å². The zero-order chi connectivity index (χ0) is 21.9. The smallest absolute Gasteiger partial charge is 0.251 e. The summed E-state index contributed by atoms with van der Waals surface area (Å²) in [6, 6.07) is 9.77. The minimum Gasteiger partial charge on any atom is -0.390 e. The predicted octanol–water partition coefficient (Wildman–Crippen LogP) is 4.17. The number of benzene rings is 2. The van der Waals surface area contributed by atoms with Crippen LogP contribution in [0.3, 0.4) is 0 Å². The molecule has 1 amide bonds. The third-order valence-electron chi connectivity index (χ3n) is 4.65. The molecule has 0 aliphatic carbocycles. The molecule has 0 saturated heterocycles. The summed E-state index contributed by atoms with van der Waals surface area (Å²) >= 11 is 1.68. The molecule has 164 valence electrons. The fraction of sp³-hybridized carbons (Fsp3) is 0.435. The van der Waals surface area contributed by atoms with Gasteiger partial charge in [-0.1, -0.05) is 20.3 Å². The van der Waals surface area contributed by atoms with Gasteiger partial charge in [-0.05, 0) is 67.1 Å². The van der Waals surface area contributed by atoms with Crippen molar-refractivity contribution in [1.82, 2.24) is 10.6 Å². The van der Waals surface area contributed by atoms with E-state index in [1.54, 1.807) is 23.9 Å². The fourth-order valence-electron chi connectivity index (χ4n) is 3.08. The Morgan fingerprint density at radius 2 is 1.77 bits per heavy atom. The number of hydrogen-bond donors (Lipinski definition) is 3. The van der Waals surface area contributed by atoms with Gasteiger partial charge in [0.1, 0.15) is 11.6 Å². The third kappa shape index (κ3) is 8.05. The molecule has 0 saturated carbocycles. The molecule has 2 aromatic rings. The second-order valence-corrected chi connectivity index (χ2v) is 8.48. The van der Waals surface area contributed by atoms with Crippen LogP contribution in [0.1, 0.15) is 42.6 Å². The summed E-state index contributed by atoms with van der Waals surface area (Å²) in [5, 5.41) is 16.6. The van der Waals surface area contributed by atoms with E-state index in [1.165, 1.54) is 12.1 Å². The first-order valence-corrected chi connectivity index (χ1v) is 11.3. The van der Waals surface area contributed by atoms with Crippen molar-refractivity contribution in [1.29, 1.82) is 0 Å². The van der Waals surface area contributed by atoms with Crippen LogP contribution in [-0.4, -0.2) is 42.0 Å². The summed E-state index contributed by atoms with van der Waals surface area (Å²) in [7, 11) is 0. The Hall–Kier alpha value is -1.96. The lowest BCUT2D eigenvalue weighted by Crippen LogP contribution is -2.48. The average molecular weight is 437 g/mol. The molecule has 0 spiro atoms. The van der Waals surface area contributed by atoms with Gasteiger partial charge in [-0.3, -0.25) is 4.79 Å². The Kier molecular flexibility index (Phi) is 10.3. The number of halogens is 2. The summed E-state index contributed by atoms with van der Waals surface area (Å²) in [4.78, 5) is 13.8. The number of amides is 1. The largest absolute Gasteiger partial charge is 0.390 e. The van der Waals surface area contributed by atoms with E-state index in [2.05, 4.69) is 24.5 Å². The van der Waals surface area contributed by atoms with Gasteiger partial charge >= 0.3 is 0 Å². The number of carbonyl (C=O) groups is 1. The Labute approximate surface area is 181 Å². The van der Waals surface area contributed by atoms with Crippen molar-refractivity contribution in [2.45, 2.75) is 50.2 Å². The quantitative estimate of drug-likeness (QED) is 0.345. The molecule has 3 N–H and O–H groups in total. The van der Waals surface area contributed by atoms with Crippen LogP contribution < -0.4 is 10.6 Å². The topological polar surface area (TPSA) is 61.4 Å². The monoisotopic (exact) mass is 436 g/mol. The minimum absolute atomic E-state index is 0.112. The highest BCUT2D eigenvalue weighted by atomic mass is 32.2. The highest BCUT2D eigenvalue weighted by Gasteiger charge is 2.23. The van der Waals surface area contributed by atoms with E-state index in [1.807, 2.05) is 12.1 Å². The van der Waals surface area contributed by atoms with E-state index < -0.39 is 23.8 Å². The summed E-state index contributed by atoms with van der Waals surface area (Å²) < 4.78 is 27.2. The Bertz CT molecular complexity index is 782. The van der Waals surface area contributed by atoms with E-state index in [0.29, 0.717) is 11.1 Å². The Balaban J connectivity index is 2.11. The van der Waals surface area contributed by atoms with Gasteiger partial charge in [0.25, 0.3) is 5.91 Å². The van der Waals surface area contributed by atoms with Crippen molar-refractivity contribution in [2.24, 2.45) is 0 Å². The average Bonchev–Trinajstić information content (AvgIpc) is 2.70. The van der Waals surface area contributed by atoms with Gasteiger partial charge in [0.05, 0.1) is 12.1 Å². The van der Waals surface area contributed by atoms with Crippen molar-refractivity contribution >= 4 is 17.7 Å². The standard InChI is InChI=1S/C23H30F2N2O2S/c1-3-5-10-26-15-22(28)21(13-16-11-18(24)14-19(25)12-16)27-23(29)17-6-8-20(9-7-17)30-4-2/h6-9,11-12,14,21-22,26,28H,3-5,10,13,15H2,1-2H3,(H,27,29)/t21-,22+/m0/s1. The molecule has 4 nitrogen and oxygen atoms in total. The number of aliphatic hydroxyl groups excluding tert-OH is 1. The molecule has 0 aliphatic heterocycles. The molecule has 30 heavy (non-hydrogen) atoms. The summed E-state index contributed by atoms with van der Waals surface area (Å²) in [5.41, 5.74) is 0.845. The molecule has 0 heterocycles. The lowest BCUT2D eigenvalue weighted by atomic mass is 10.00. The Morgan fingerprint density at radius 3 is 2.37 bits per heavy atom. The van der Waals surface area contributed by atoms with Crippen LogP contribution in [0, 0.1) is 11.6 Å². The second kappa shape index (κ2) is 12.7. The lowest BCUT2D eigenvalue weighted by molar-refractivity contribution is 0.0830. The molecule has 2 aromatic carbocycles. The van der Waals surface area contributed by atoms with Crippen molar-refractivity contribution in [3.63, 3.8) is 0 Å². The third-order valence-corrected chi connectivity index (χ3v) is 5.54. The van der Waals surface area contributed by atoms with Crippen LogP contribution in [-0.2, 0) is 6.42 Å². The first-order chi connectivity index (χ1) is 14.4. The van der Waals surface area contributed by atoms with E-state index in [9.17, 15) is 18.7 Å². The van der Waals surface area contributed by atoms with Gasteiger partial charge < -0.3 is 15.7 Å². The molecular formula is C23H30F2N2O2S. The molecule has 7 heteroatoms. The maximum atomic E-state index is 13.6. The number of thioether (sulfide) groups is 1. The Morgan fingerprint density at radius 1 is 1.10 bits per heavy atom. The van der Waals surface area contributed by atoms with Crippen molar-refractivity contribution in [2.75, 3.05) is 18.8 Å². The van der Waals surface area contributed by atoms with Gasteiger partial charge in [0, 0.05) is 23.1 Å². The van der Waals surface area contributed by atoms with Crippen LogP contribution in [0.5, 0.6) is 0 Å². The SMILES string of the molecule is CCCCNC[C@@H](O)[C@H](Cc1cc(F)cc(F)c1)NC(=O)c1ccc(SCC)cc1. The first-order valence-electron chi connectivity index (χ1n) is 10.3. The molecule has 0 radical (unpaired) electrons. The lowest BCUT2D eigenvalue weighted by Gasteiger charge is -2.25. The zero-order valence-electron chi connectivity index (χ0n) is 17.5. The second-order valence-electron chi connectivity index (χ2n) is 7.14. The molecule has 0 unspecified atom stereocenters. The number of unbranched alkanes of at least 4 members (excludes halogenated alkanes) is 1. The number of hydrogen-bond acceptors (Lipinski definition) is 4. The number of aliphatic hydroxyl groups is 1. The summed E-state index contributed by atoms with van der Waals surface area (Å²) in [6.07, 6.45) is 1.20. The van der Waals surface area contributed by atoms with Gasteiger partial charge in [-0.25, -0.2) is 8.78 Å². The molecule has 0 fully saturated rings. The van der Waals surface area contributed by atoms with Crippen LogP contribution in [0.2, 0.25) is 0 Å². The summed E-state index contributed by atoms with van der Waals surface area (Å²) in [6.45, 7) is 5.15. The first kappa shape index (κ1) is 24.3. The molecular weight excluding hydrogens is 406 g/mol. The van der Waals surface area contributed by atoms with E-state index in [4.69, 9.17) is 0 Å². The van der Waals surface area contributed by atoms with Gasteiger partial charge in [-0.15, -0.1) is 11.8 Å². The van der Waals surface area contributed by atoms with Crippen LogP contribution >= 0.6 is 11.8 Å². The van der Waals surface area contributed by atoms with Crippen LogP contribution in [0.25, 0.3) is 0 Å². The fourth-order valence-corrected chi connectivity index (χ4v) is 3.74. The highest BCUT2D eigenvalue weighted by molar-refractivity contribution is 7.99. The van der Waals surface area contributed by atoms with Crippen molar-refractivity contribution in [3.05, 3.63) is 65.2 Å². The maximum absolute atomic E-state index is 13.6. The number of rotatable bonds is 12. The number of carbonyl (C=O) groups excluding carboxylic acids is 1. The highest BCUT2D eigenvalue weighted by Crippen LogP contribution is 2.18. The van der Waals surface area contributed by atoms with Gasteiger partial charge in [-0.2, -0.15) is 0 Å². The molecule has 2 rings (SSSR count). The van der Waals surface area contributed by atoms with Crippen molar-refractivity contribution in [3.8, 4) is 0 Å². The molecule has 2 atom stereocenters. The van der Waals surface area contributed by atoms with Crippen LogP contribution in [0.4, 0.5) is 8.78 Å². The molecule has 0 bridgehead atoms.